The molecule has 12 nitrogen and oxygen atoms in total. The van der Waals surface area contributed by atoms with E-state index in [1.807, 2.05) is 133 Å². The van der Waals surface area contributed by atoms with E-state index in [-0.39, 0.29) is 22.2 Å². The van der Waals surface area contributed by atoms with Gasteiger partial charge < -0.3 is 9.97 Å². The van der Waals surface area contributed by atoms with Gasteiger partial charge in [-0.3, -0.25) is 36.8 Å². The summed E-state index contributed by atoms with van der Waals surface area (Å²) in [5.74, 6) is 0. The lowest BCUT2D eigenvalue weighted by molar-refractivity contribution is 1.18. The average Bonchev–Trinajstić information content (AvgIpc) is 4.11. The Morgan fingerprint density at radius 3 is 1.45 bits per heavy atom. The standard InChI is InChI=1S/C52H24N8O4/c61-49-25-19-17-23-39-29(51(63)57-35-13-5-1-9-31(35)53-45(23)57)21-27(43(41(25)39)47-55-33-11-3-7-15-37(33)59(47)49)28-22-30-40-24(46-54-32-10-2-6-14-36(32)58(46)52(30)64)18-20-26-42(40)44(28)48-56-34-12-4-8-16-38(34)60(48)50(26)62/h1-22,53,55H. The van der Waals surface area contributed by atoms with Crippen LogP contribution in [-0.2, 0) is 0 Å². The average molecular weight is 825 g/mol. The van der Waals surface area contributed by atoms with E-state index in [2.05, 4.69) is 9.97 Å². The van der Waals surface area contributed by atoms with Crippen LogP contribution < -0.4 is 22.2 Å². The highest BCUT2D eigenvalue weighted by atomic mass is 16.1. The molecule has 0 unspecified atom stereocenters. The van der Waals surface area contributed by atoms with Crippen molar-refractivity contribution in [1.29, 1.82) is 0 Å². The van der Waals surface area contributed by atoms with Gasteiger partial charge in [-0.2, -0.15) is 0 Å². The lowest BCUT2D eigenvalue weighted by Crippen LogP contribution is -2.18. The number of nitrogens with zero attached hydrogens (tertiary/aromatic N) is 6. The Morgan fingerprint density at radius 2 is 0.781 bits per heavy atom. The molecule has 0 fully saturated rings. The van der Waals surface area contributed by atoms with Crippen LogP contribution in [0.1, 0.15) is 0 Å². The highest BCUT2D eigenvalue weighted by molar-refractivity contribution is 6.35. The summed E-state index contributed by atoms with van der Waals surface area (Å²) in [6.07, 6.45) is 0. The van der Waals surface area contributed by atoms with Gasteiger partial charge in [-0.05, 0) is 96.1 Å². The molecular weight excluding hydrogens is 801 g/mol. The van der Waals surface area contributed by atoms with Gasteiger partial charge in [0.2, 0.25) is 0 Å². The zero-order chi connectivity index (χ0) is 42.0. The molecule has 0 bridgehead atoms. The van der Waals surface area contributed by atoms with Crippen molar-refractivity contribution >= 4 is 131 Å². The summed E-state index contributed by atoms with van der Waals surface area (Å²) in [7, 11) is 0. The van der Waals surface area contributed by atoms with Crippen LogP contribution in [0, 0.1) is 0 Å². The van der Waals surface area contributed by atoms with Crippen molar-refractivity contribution in [1.82, 2.24) is 37.5 Å². The van der Waals surface area contributed by atoms with E-state index in [4.69, 9.17) is 9.97 Å². The topological polar surface area (TPSA) is 143 Å². The first kappa shape index (κ1) is 32.6. The number of nitrogens with one attached hydrogen (secondary N) is 2. The highest BCUT2D eigenvalue weighted by Gasteiger charge is 2.29. The van der Waals surface area contributed by atoms with Crippen LogP contribution in [0.15, 0.2) is 153 Å². The molecule has 16 aromatic rings. The van der Waals surface area contributed by atoms with Gasteiger partial charge >= 0.3 is 0 Å². The Balaban J connectivity index is 1.24. The lowest BCUT2D eigenvalue weighted by atomic mass is 9.86. The molecule has 16 rings (SSSR count). The van der Waals surface area contributed by atoms with E-state index >= 15 is 9.59 Å². The molecule has 0 radical (unpaired) electrons. The maximum absolute atomic E-state index is 15.3. The highest BCUT2D eigenvalue weighted by Crippen LogP contribution is 2.47. The van der Waals surface area contributed by atoms with Gasteiger partial charge in [-0.1, -0.05) is 48.5 Å². The second-order valence-electron chi connectivity index (χ2n) is 16.9. The van der Waals surface area contributed by atoms with E-state index in [1.54, 1.807) is 17.6 Å². The predicted octanol–water partition coefficient (Wildman–Crippen LogP) is 9.10. The zero-order valence-corrected chi connectivity index (χ0v) is 33.0. The third-order valence-corrected chi connectivity index (χ3v) is 13.9. The summed E-state index contributed by atoms with van der Waals surface area (Å²) >= 11 is 0. The summed E-state index contributed by atoms with van der Waals surface area (Å²) < 4.78 is 6.72. The fourth-order valence-corrected chi connectivity index (χ4v) is 11.3. The lowest BCUT2D eigenvalue weighted by Gasteiger charge is -2.19. The molecule has 0 saturated carbocycles. The first-order valence-corrected chi connectivity index (χ1v) is 20.9. The number of hydrogen-bond acceptors (Lipinski definition) is 6. The van der Waals surface area contributed by atoms with Crippen LogP contribution in [0.4, 0.5) is 0 Å². The second kappa shape index (κ2) is 10.6. The molecule has 12 heteroatoms. The first-order valence-electron chi connectivity index (χ1n) is 20.9. The third kappa shape index (κ3) is 3.52. The van der Waals surface area contributed by atoms with Crippen molar-refractivity contribution < 1.29 is 0 Å². The number of para-hydroxylation sites is 8. The Morgan fingerprint density at radius 1 is 0.344 bits per heavy atom. The number of rotatable bonds is 1. The van der Waals surface area contributed by atoms with Crippen LogP contribution in [0.25, 0.3) is 142 Å². The van der Waals surface area contributed by atoms with Gasteiger partial charge in [0.05, 0.1) is 44.1 Å². The monoisotopic (exact) mass is 824 g/mol. The Hall–Kier alpha value is -9.16. The maximum Gasteiger partial charge on any atom is 0.264 e. The number of aromatic nitrogens is 8. The quantitative estimate of drug-likeness (QED) is 0.158. The summed E-state index contributed by atoms with van der Waals surface area (Å²) in [6.45, 7) is 0. The van der Waals surface area contributed by atoms with Crippen LogP contribution in [0.5, 0.6) is 0 Å². The van der Waals surface area contributed by atoms with Crippen molar-refractivity contribution in [2.75, 3.05) is 0 Å². The SMILES string of the molecule is O=c1c2cc(-c3cc4c(=O)n5c6ccccc6[nH]c5c5ccc6c(=O)n7c8ccccc8[nH]c7c3c6c45)c3c4c(ccc(c24)c2nc4ccccc4n12)c(=O)n1c2ccccc2nc31. The minimum absolute atomic E-state index is 0.235. The summed E-state index contributed by atoms with van der Waals surface area (Å²) in [5.41, 5.74) is 7.74. The summed E-state index contributed by atoms with van der Waals surface area (Å²) in [6, 6.07) is 41.8. The molecular formula is C52H24N8O4. The van der Waals surface area contributed by atoms with Gasteiger partial charge in [0.15, 0.2) is 0 Å². The van der Waals surface area contributed by atoms with Gasteiger partial charge in [0.25, 0.3) is 22.2 Å². The van der Waals surface area contributed by atoms with Gasteiger partial charge in [0, 0.05) is 64.6 Å². The van der Waals surface area contributed by atoms with Gasteiger partial charge in [0.1, 0.15) is 22.6 Å². The smallest absolute Gasteiger partial charge is 0.264 e. The molecule has 0 spiro atoms. The van der Waals surface area contributed by atoms with E-state index in [0.29, 0.717) is 121 Å². The molecule has 8 aromatic heterocycles. The first-order chi connectivity index (χ1) is 31.4. The van der Waals surface area contributed by atoms with Crippen molar-refractivity contribution in [2.45, 2.75) is 0 Å². The number of hydrogen-bond donors (Lipinski definition) is 2. The number of aromatic amines is 2. The number of H-pyrrole nitrogens is 2. The summed E-state index contributed by atoms with van der Waals surface area (Å²) in [4.78, 5) is 77.9. The van der Waals surface area contributed by atoms with E-state index in [0.717, 1.165) is 21.9 Å². The van der Waals surface area contributed by atoms with Crippen LogP contribution >= 0.6 is 0 Å². The number of pyridine rings is 4. The largest absolute Gasteiger partial charge is 0.339 e. The molecule has 0 atom stereocenters. The molecule has 0 aliphatic rings. The Kier molecular flexibility index (Phi) is 5.42. The van der Waals surface area contributed by atoms with Crippen molar-refractivity contribution in [2.24, 2.45) is 0 Å². The van der Waals surface area contributed by atoms with Crippen molar-refractivity contribution in [3.63, 3.8) is 0 Å². The molecule has 8 heterocycles. The van der Waals surface area contributed by atoms with Gasteiger partial charge in [-0.25, -0.2) is 9.97 Å². The van der Waals surface area contributed by atoms with Gasteiger partial charge in [-0.15, -0.1) is 0 Å². The molecule has 0 amide bonds. The molecule has 0 aliphatic carbocycles. The number of fused-ring (bicyclic) bond motifs is 16. The number of benzene rings is 8. The van der Waals surface area contributed by atoms with Crippen molar-refractivity contribution in [3.05, 3.63) is 175 Å². The maximum atomic E-state index is 15.3. The van der Waals surface area contributed by atoms with Crippen LogP contribution in [0.2, 0.25) is 0 Å². The fraction of sp³-hybridized carbons (Fsp3) is 0. The molecule has 0 saturated heterocycles. The van der Waals surface area contributed by atoms with E-state index in [1.165, 1.54) is 0 Å². The molecule has 2 N–H and O–H groups in total. The van der Waals surface area contributed by atoms with Crippen LogP contribution in [0.3, 0.4) is 0 Å². The van der Waals surface area contributed by atoms with Crippen molar-refractivity contribution in [3.8, 4) is 11.1 Å². The Labute approximate surface area is 353 Å². The second-order valence-corrected chi connectivity index (χ2v) is 16.9. The Bertz CT molecular complexity index is 4800. The molecule has 8 aromatic carbocycles. The minimum Gasteiger partial charge on any atom is -0.339 e. The minimum atomic E-state index is -0.294. The van der Waals surface area contributed by atoms with E-state index in [9.17, 15) is 9.59 Å². The third-order valence-electron chi connectivity index (χ3n) is 13.9. The molecule has 64 heavy (non-hydrogen) atoms. The fourth-order valence-electron chi connectivity index (χ4n) is 11.3. The normalized spacial score (nSPS) is 12.9. The molecule has 0 aliphatic heterocycles. The zero-order valence-electron chi connectivity index (χ0n) is 33.0. The van der Waals surface area contributed by atoms with Crippen LogP contribution in [-0.4, -0.2) is 37.5 Å². The molecule has 296 valence electrons. The predicted molar refractivity (Wildman–Crippen MR) is 254 cm³/mol. The number of imidazole rings is 4. The summed E-state index contributed by atoms with van der Waals surface area (Å²) in [5, 5.41) is 6.89. The van der Waals surface area contributed by atoms with E-state index < -0.39 is 0 Å².